The number of rotatable bonds is 5. The minimum absolute atomic E-state index is 0.150. The molecule has 0 aromatic heterocycles. The molecule has 1 aliphatic heterocycles. The van der Waals surface area contributed by atoms with Gasteiger partial charge in [-0.3, -0.25) is 4.79 Å². The standard InChI is InChI=1S/C19H18N2O3/c1-23-14-8-6-13(7-9-14)10-11-21-16(12-20)15-4-3-5-17(24-2)18(15)19(21)22/h3-9,16H,10-11H2,1-2H3. The molecule has 5 nitrogen and oxygen atoms in total. The third-order valence-corrected chi connectivity index (χ3v) is 4.28. The number of hydrogen-bond donors (Lipinski definition) is 0. The highest BCUT2D eigenvalue weighted by atomic mass is 16.5. The van der Waals surface area contributed by atoms with Crippen molar-refractivity contribution in [2.75, 3.05) is 20.8 Å². The molecule has 0 radical (unpaired) electrons. The highest BCUT2D eigenvalue weighted by Gasteiger charge is 2.38. The number of nitrogens with zero attached hydrogens (tertiary/aromatic N) is 2. The number of carbonyl (C=O) groups is 1. The number of methoxy groups -OCH3 is 2. The van der Waals surface area contributed by atoms with Crippen molar-refractivity contribution in [1.29, 1.82) is 5.26 Å². The molecule has 0 N–H and O–H groups in total. The van der Waals surface area contributed by atoms with Crippen LogP contribution in [0.1, 0.15) is 27.5 Å². The summed E-state index contributed by atoms with van der Waals surface area (Å²) < 4.78 is 10.4. The second-order valence-electron chi connectivity index (χ2n) is 5.55. The van der Waals surface area contributed by atoms with Crippen LogP contribution in [0.5, 0.6) is 11.5 Å². The summed E-state index contributed by atoms with van der Waals surface area (Å²) in [7, 11) is 3.16. The quantitative estimate of drug-likeness (QED) is 0.849. The largest absolute Gasteiger partial charge is 0.497 e. The molecule has 2 aromatic rings. The summed E-state index contributed by atoms with van der Waals surface area (Å²) in [6, 6.07) is 14.8. The Labute approximate surface area is 141 Å². The molecule has 0 fully saturated rings. The van der Waals surface area contributed by atoms with Gasteiger partial charge in [-0.25, -0.2) is 0 Å². The molecule has 1 atom stereocenters. The fourth-order valence-corrected chi connectivity index (χ4v) is 3.02. The summed E-state index contributed by atoms with van der Waals surface area (Å²) in [6.07, 6.45) is 0.671. The summed E-state index contributed by atoms with van der Waals surface area (Å²) in [5, 5.41) is 9.53. The molecule has 3 rings (SSSR count). The second kappa shape index (κ2) is 6.63. The molecule has 0 aliphatic carbocycles. The van der Waals surface area contributed by atoms with Crippen LogP contribution >= 0.6 is 0 Å². The van der Waals surface area contributed by atoms with Crippen molar-refractivity contribution >= 4 is 5.91 Å². The zero-order valence-electron chi connectivity index (χ0n) is 13.7. The molecular formula is C19H18N2O3. The van der Waals surface area contributed by atoms with Crippen molar-refractivity contribution < 1.29 is 14.3 Å². The van der Waals surface area contributed by atoms with E-state index in [2.05, 4.69) is 6.07 Å². The Kier molecular flexibility index (Phi) is 4.39. The molecule has 1 amide bonds. The molecule has 0 spiro atoms. The predicted molar refractivity (Wildman–Crippen MR) is 89.1 cm³/mol. The summed E-state index contributed by atoms with van der Waals surface area (Å²) >= 11 is 0. The SMILES string of the molecule is COc1ccc(CCN2C(=O)c3c(OC)cccc3C2C#N)cc1. The lowest BCUT2D eigenvalue weighted by atomic mass is 10.0. The van der Waals surface area contributed by atoms with Crippen LogP contribution in [-0.4, -0.2) is 31.6 Å². The van der Waals surface area contributed by atoms with Gasteiger partial charge < -0.3 is 14.4 Å². The summed E-state index contributed by atoms with van der Waals surface area (Å²) in [4.78, 5) is 14.4. The average molecular weight is 322 g/mol. The third kappa shape index (κ3) is 2.67. The first-order valence-electron chi connectivity index (χ1n) is 7.70. The maximum atomic E-state index is 12.7. The van der Waals surface area contributed by atoms with Gasteiger partial charge in [0.05, 0.1) is 25.9 Å². The predicted octanol–water partition coefficient (Wildman–Crippen LogP) is 2.97. The fourth-order valence-electron chi connectivity index (χ4n) is 3.02. The Morgan fingerprint density at radius 2 is 1.88 bits per heavy atom. The first kappa shape index (κ1) is 15.9. The maximum absolute atomic E-state index is 12.7. The lowest BCUT2D eigenvalue weighted by Crippen LogP contribution is -2.29. The molecule has 0 saturated carbocycles. The number of ether oxygens (including phenoxy) is 2. The van der Waals surface area contributed by atoms with Crippen molar-refractivity contribution in [3.05, 3.63) is 59.2 Å². The Morgan fingerprint density at radius 1 is 1.12 bits per heavy atom. The molecule has 1 aliphatic rings. The van der Waals surface area contributed by atoms with E-state index in [1.165, 1.54) is 7.11 Å². The second-order valence-corrected chi connectivity index (χ2v) is 5.55. The molecule has 0 saturated heterocycles. The van der Waals surface area contributed by atoms with Crippen molar-refractivity contribution in [1.82, 2.24) is 4.90 Å². The van der Waals surface area contributed by atoms with Crippen LogP contribution < -0.4 is 9.47 Å². The van der Waals surface area contributed by atoms with E-state index in [1.807, 2.05) is 36.4 Å². The normalized spacial score (nSPS) is 15.8. The molecule has 24 heavy (non-hydrogen) atoms. The zero-order valence-corrected chi connectivity index (χ0v) is 13.7. The van der Waals surface area contributed by atoms with Gasteiger partial charge in [0, 0.05) is 12.1 Å². The van der Waals surface area contributed by atoms with Crippen LogP contribution in [-0.2, 0) is 6.42 Å². The summed E-state index contributed by atoms with van der Waals surface area (Å²) in [5.41, 5.74) is 2.31. The van der Waals surface area contributed by atoms with E-state index in [0.717, 1.165) is 16.9 Å². The highest BCUT2D eigenvalue weighted by Crippen LogP contribution is 2.38. The van der Waals surface area contributed by atoms with Crippen molar-refractivity contribution in [2.24, 2.45) is 0 Å². The first-order chi connectivity index (χ1) is 11.7. The van der Waals surface area contributed by atoms with Crippen molar-refractivity contribution in [3.8, 4) is 17.6 Å². The Bertz CT molecular complexity index is 793. The minimum atomic E-state index is -0.569. The van der Waals surface area contributed by atoms with E-state index < -0.39 is 6.04 Å². The molecule has 1 unspecified atom stereocenters. The van der Waals surface area contributed by atoms with Gasteiger partial charge in [0.15, 0.2) is 0 Å². The highest BCUT2D eigenvalue weighted by molar-refractivity contribution is 6.02. The molecule has 5 heteroatoms. The smallest absolute Gasteiger partial charge is 0.259 e. The average Bonchev–Trinajstić information content (AvgIpc) is 2.91. The van der Waals surface area contributed by atoms with E-state index in [-0.39, 0.29) is 5.91 Å². The molecule has 122 valence electrons. The van der Waals surface area contributed by atoms with Gasteiger partial charge in [0.2, 0.25) is 0 Å². The van der Waals surface area contributed by atoms with E-state index in [9.17, 15) is 10.1 Å². The van der Waals surface area contributed by atoms with Gasteiger partial charge >= 0.3 is 0 Å². The van der Waals surface area contributed by atoms with Gasteiger partial charge in [0.1, 0.15) is 17.5 Å². The van der Waals surface area contributed by atoms with Crippen molar-refractivity contribution in [3.63, 3.8) is 0 Å². The molecular weight excluding hydrogens is 304 g/mol. The van der Waals surface area contributed by atoms with Crippen LogP contribution in [0.3, 0.4) is 0 Å². The number of fused-ring (bicyclic) bond motifs is 1. The van der Waals surface area contributed by atoms with E-state index in [1.54, 1.807) is 18.1 Å². The van der Waals surface area contributed by atoms with Gasteiger partial charge in [-0.05, 0) is 30.2 Å². The molecule has 2 aromatic carbocycles. The zero-order chi connectivity index (χ0) is 17.1. The van der Waals surface area contributed by atoms with Crippen LogP contribution in [0.25, 0.3) is 0 Å². The summed E-state index contributed by atoms with van der Waals surface area (Å²) in [5.74, 6) is 1.16. The lowest BCUT2D eigenvalue weighted by molar-refractivity contribution is 0.0757. The monoisotopic (exact) mass is 322 g/mol. The van der Waals surface area contributed by atoms with Crippen LogP contribution in [0.2, 0.25) is 0 Å². The molecule has 0 bridgehead atoms. The topological polar surface area (TPSA) is 62.6 Å². The maximum Gasteiger partial charge on any atom is 0.259 e. The Balaban J connectivity index is 1.81. The number of amides is 1. The van der Waals surface area contributed by atoms with Crippen molar-refractivity contribution in [2.45, 2.75) is 12.5 Å². The van der Waals surface area contributed by atoms with E-state index in [4.69, 9.17) is 9.47 Å². The minimum Gasteiger partial charge on any atom is -0.497 e. The van der Waals surface area contributed by atoms with Gasteiger partial charge in [0.25, 0.3) is 5.91 Å². The number of carbonyl (C=O) groups excluding carboxylic acids is 1. The summed E-state index contributed by atoms with van der Waals surface area (Å²) in [6.45, 7) is 0.473. The number of nitriles is 1. The van der Waals surface area contributed by atoms with Crippen LogP contribution in [0, 0.1) is 11.3 Å². The molecule has 1 heterocycles. The number of benzene rings is 2. The third-order valence-electron chi connectivity index (χ3n) is 4.28. The van der Waals surface area contributed by atoms with E-state index >= 15 is 0 Å². The Morgan fingerprint density at radius 3 is 2.50 bits per heavy atom. The van der Waals surface area contributed by atoms with Crippen LogP contribution in [0.4, 0.5) is 0 Å². The number of hydrogen-bond acceptors (Lipinski definition) is 4. The van der Waals surface area contributed by atoms with Crippen LogP contribution in [0.15, 0.2) is 42.5 Å². The Hall–Kier alpha value is -3.00. The van der Waals surface area contributed by atoms with Gasteiger partial charge in [-0.15, -0.1) is 0 Å². The fraction of sp³-hybridized carbons (Fsp3) is 0.263. The van der Waals surface area contributed by atoms with Gasteiger partial charge in [-0.2, -0.15) is 5.26 Å². The van der Waals surface area contributed by atoms with E-state index in [0.29, 0.717) is 24.3 Å². The first-order valence-corrected chi connectivity index (χ1v) is 7.70. The lowest BCUT2D eigenvalue weighted by Gasteiger charge is -2.20. The van der Waals surface area contributed by atoms with Gasteiger partial charge in [-0.1, -0.05) is 24.3 Å².